The zero-order valence-corrected chi connectivity index (χ0v) is 17.6. The average molecular weight is 412 g/mol. The van der Waals surface area contributed by atoms with Gasteiger partial charge in [0.25, 0.3) is 5.91 Å². The third kappa shape index (κ3) is 5.20. The molecule has 2 heterocycles. The fourth-order valence-corrected chi connectivity index (χ4v) is 3.48. The van der Waals surface area contributed by atoms with Crippen molar-refractivity contribution in [1.29, 1.82) is 0 Å². The van der Waals surface area contributed by atoms with Gasteiger partial charge in [0.05, 0.1) is 25.8 Å². The van der Waals surface area contributed by atoms with Crippen LogP contribution >= 0.6 is 0 Å². The Morgan fingerprint density at radius 3 is 2.63 bits per heavy atom. The highest BCUT2D eigenvalue weighted by molar-refractivity contribution is 6.02. The number of guanidine groups is 1. The molecule has 1 aliphatic rings. The molecule has 0 aliphatic carbocycles. The smallest absolute Gasteiger partial charge is 0.310 e. The van der Waals surface area contributed by atoms with Crippen LogP contribution in [-0.4, -0.2) is 49.5 Å². The highest BCUT2D eigenvalue weighted by atomic mass is 16.5. The molecular weight excluding hydrogens is 384 g/mol. The zero-order valence-electron chi connectivity index (χ0n) is 17.6. The number of aliphatic imine (C=N–C) groups is 1. The first kappa shape index (κ1) is 21.4. The summed E-state index contributed by atoms with van der Waals surface area (Å²) in [5, 5.41) is 6.10. The first-order valence-corrected chi connectivity index (χ1v) is 10.1. The molecule has 2 N–H and O–H groups in total. The normalized spacial score (nSPS) is 18.9. The van der Waals surface area contributed by atoms with Gasteiger partial charge in [-0.25, -0.2) is 4.99 Å². The fourth-order valence-electron chi connectivity index (χ4n) is 3.48. The van der Waals surface area contributed by atoms with Crippen molar-refractivity contribution in [3.05, 3.63) is 54.0 Å². The Hall–Kier alpha value is -3.29. The molecule has 1 aromatic heterocycles. The van der Waals surface area contributed by atoms with Crippen LogP contribution in [0, 0.1) is 11.8 Å². The number of rotatable bonds is 6. The molecule has 1 saturated heterocycles. The van der Waals surface area contributed by atoms with Crippen LogP contribution in [0.4, 0.5) is 5.69 Å². The van der Waals surface area contributed by atoms with Gasteiger partial charge >= 0.3 is 5.97 Å². The molecule has 3 rings (SSSR count). The van der Waals surface area contributed by atoms with E-state index in [1.807, 2.05) is 31.2 Å². The molecule has 1 aliphatic heterocycles. The Morgan fingerprint density at radius 1 is 1.23 bits per heavy atom. The first-order valence-electron chi connectivity index (χ1n) is 10.1. The molecular formula is C22H28N4O4. The highest BCUT2D eigenvalue weighted by Gasteiger charge is 2.36. The van der Waals surface area contributed by atoms with Crippen LogP contribution in [0.15, 0.2) is 52.1 Å². The summed E-state index contributed by atoms with van der Waals surface area (Å²) in [5.41, 5.74) is 1.70. The van der Waals surface area contributed by atoms with Gasteiger partial charge in [0.15, 0.2) is 11.7 Å². The van der Waals surface area contributed by atoms with E-state index in [-0.39, 0.29) is 29.5 Å². The Balaban J connectivity index is 1.62. The molecule has 0 saturated carbocycles. The summed E-state index contributed by atoms with van der Waals surface area (Å²) in [4.78, 5) is 30.8. The van der Waals surface area contributed by atoms with Crippen LogP contribution in [0.5, 0.6) is 0 Å². The number of anilines is 1. The van der Waals surface area contributed by atoms with E-state index in [1.54, 1.807) is 12.1 Å². The molecule has 1 aromatic carbocycles. The molecule has 30 heavy (non-hydrogen) atoms. The number of amides is 1. The summed E-state index contributed by atoms with van der Waals surface area (Å²) in [6.45, 7) is 6.65. The van der Waals surface area contributed by atoms with Crippen LogP contribution in [0.2, 0.25) is 0 Å². The standard InChI is InChI=1S/C22H28N4O4/c1-4-23-22(26-13-15(2)18(14-26)21(28)29-3)24-12-16-7-9-17(10-8-16)25-20(27)19-6-5-11-30-19/h5-11,15,18H,4,12-14H2,1-3H3,(H,23,24)(H,25,27). The highest BCUT2D eigenvalue weighted by Crippen LogP contribution is 2.24. The van der Waals surface area contributed by atoms with E-state index < -0.39 is 0 Å². The molecule has 2 unspecified atom stereocenters. The van der Waals surface area contributed by atoms with Gasteiger partial charge < -0.3 is 24.7 Å². The fraction of sp³-hybridized carbons (Fsp3) is 0.409. The summed E-state index contributed by atoms with van der Waals surface area (Å²) < 4.78 is 10.0. The van der Waals surface area contributed by atoms with Gasteiger partial charge in [-0.15, -0.1) is 0 Å². The molecule has 0 spiro atoms. The molecule has 2 atom stereocenters. The second-order valence-electron chi connectivity index (χ2n) is 7.31. The second kappa shape index (κ2) is 9.96. The predicted octanol–water partition coefficient (Wildman–Crippen LogP) is 2.74. The lowest BCUT2D eigenvalue weighted by Crippen LogP contribution is -2.40. The van der Waals surface area contributed by atoms with Crippen LogP contribution in [0.1, 0.15) is 30.0 Å². The van der Waals surface area contributed by atoms with Gasteiger partial charge in [-0.05, 0) is 42.7 Å². The number of hydrogen-bond donors (Lipinski definition) is 2. The summed E-state index contributed by atoms with van der Waals surface area (Å²) >= 11 is 0. The van der Waals surface area contributed by atoms with Crippen molar-refractivity contribution in [3.8, 4) is 0 Å². The van der Waals surface area contributed by atoms with Crippen molar-refractivity contribution in [2.24, 2.45) is 16.8 Å². The summed E-state index contributed by atoms with van der Waals surface area (Å²) in [5.74, 6) is 0.654. The Labute approximate surface area is 176 Å². The number of likely N-dealkylation sites (tertiary alicyclic amines) is 1. The van der Waals surface area contributed by atoms with Gasteiger partial charge in [0.1, 0.15) is 0 Å². The molecule has 8 heteroatoms. The number of nitrogens with one attached hydrogen (secondary N) is 2. The number of hydrogen-bond acceptors (Lipinski definition) is 5. The number of nitrogens with zero attached hydrogens (tertiary/aromatic N) is 2. The van der Waals surface area contributed by atoms with Crippen LogP contribution in [-0.2, 0) is 16.1 Å². The quantitative estimate of drug-likeness (QED) is 0.430. The topological polar surface area (TPSA) is 96.2 Å². The number of methoxy groups -OCH3 is 1. The minimum atomic E-state index is -0.288. The molecule has 8 nitrogen and oxygen atoms in total. The maximum Gasteiger partial charge on any atom is 0.310 e. The van der Waals surface area contributed by atoms with E-state index >= 15 is 0 Å². The summed E-state index contributed by atoms with van der Waals surface area (Å²) in [6, 6.07) is 10.8. The van der Waals surface area contributed by atoms with E-state index in [2.05, 4.69) is 22.5 Å². The molecule has 1 amide bonds. The number of esters is 1. The minimum absolute atomic E-state index is 0.143. The van der Waals surface area contributed by atoms with Crippen molar-refractivity contribution < 1.29 is 18.7 Å². The summed E-state index contributed by atoms with van der Waals surface area (Å²) in [6.07, 6.45) is 1.46. The van der Waals surface area contributed by atoms with E-state index in [4.69, 9.17) is 14.1 Å². The molecule has 160 valence electrons. The molecule has 0 bridgehead atoms. The number of carbonyl (C=O) groups is 2. The average Bonchev–Trinajstić information content (AvgIpc) is 3.42. The maximum atomic E-state index is 12.0. The predicted molar refractivity (Wildman–Crippen MR) is 114 cm³/mol. The van der Waals surface area contributed by atoms with Gasteiger partial charge in [0.2, 0.25) is 0 Å². The van der Waals surface area contributed by atoms with Gasteiger partial charge in [-0.1, -0.05) is 19.1 Å². The number of carbonyl (C=O) groups excluding carboxylic acids is 2. The van der Waals surface area contributed by atoms with E-state index in [9.17, 15) is 9.59 Å². The lowest BCUT2D eigenvalue weighted by Gasteiger charge is -2.21. The first-order chi connectivity index (χ1) is 14.5. The summed E-state index contributed by atoms with van der Waals surface area (Å²) in [7, 11) is 1.43. The minimum Gasteiger partial charge on any atom is -0.469 e. The van der Waals surface area contributed by atoms with E-state index in [0.717, 1.165) is 24.6 Å². The number of benzene rings is 1. The molecule has 2 aromatic rings. The van der Waals surface area contributed by atoms with Gasteiger partial charge in [-0.2, -0.15) is 0 Å². The third-order valence-electron chi connectivity index (χ3n) is 5.12. The van der Waals surface area contributed by atoms with Crippen molar-refractivity contribution in [2.45, 2.75) is 20.4 Å². The monoisotopic (exact) mass is 412 g/mol. The number of ether oxygens (including phenoxy) is 1. The second-order valence-corrected chi connectivity index (χ2v) is 7.31. The lowest BCUT2D eigenvalue weighted by atomic mass is 9.99. The Bertz CT molecular complexity index is 877. The van der Waals surface area contributed by atoms with E-state index in [1.165, 1.54) is 13.4 Å². The van der Waals surface area contributed by atoms with Crippen molar-refractivity contribution >= 4 is 23.5 Å². The van der Waals surface area contributed by atoms with Crippen molar-refractivity contribution in [2.75, 3.05) is 32.1 Å². The van der Waals surface area contributed by atoms with Crippen LogP contribution in [0.3, 0.4) is 0 Å². The SMILES string of the molecule is CCNC(=NCc1ccc(NC(=O)c2ccco2)cc1)N1CC(C)C(C(=O)OC)C1. The van der Waals surface area contributed by atoms with Crippen LogP contribution in [0.25, 0.3) is 0 Å². The number of furan rings is 1. The third-order valence-corrected chi connectivity index (χ3v) is 5.12. The Kier molecular flexibility index (Phi) is 7.11. The van der Waals surface area contributed by atoms with Crippen LogP contribution < -0.4 is 10.6 Å². The largest absolute Gasteiger partial charge is 0.469 e. The van der Waals surface area contributed by atoms with Gasteiger partial charge in [0, 0.05) is 25.3 Å². The maximum absolute atomic E-state index is 12.0. The lowest BCUT2D eigenvalue weighted by molar-refractivity contribution is -0.145. The van der Waals surface area contributed by atoms with E-state index in [0.29, 0.717) is 18.8 Å². The van der Waals surface area contributed by atoms with Crippen molar-refractivity contribution in [1.82, 2.24) is 10.2 Å². The molecule has 0 radical (unpaired) electrons. The van der Waals surface area contributed by atoms with Gasteiger partial charge in [-0.3, -0.25) is 9.59 Å². The Morgan fingerprint density at radius 2 is 2.00 bits per heavy atom. The van der Waals surface area contributed by atoms with Crippen molar-refractivity contribution in [3.63, 3.8) is 0 Å². The zero-order chi connectivity index (χ0) is 21.5. The molecule has 1 fully saturated rings.